The molecule has 102 valence electrons. The molecule has 4 N–H and O–H groups in total. The zero-order valence-electron chi connectivity index (χ0n) is 8.73. The van der Waals surface area contributed by atoms with Gasteiger partial charge in [-0.05, 0) is 12.1 Å². The summed E-state index contributed by atoms with van der Waals surface area (Å²) in [4.78, 5) is 0. The molecule has 0 unspecified atom stereocenters. The van der Waals surface area contributed by atoms with Gasteiger partial charge in [0.05, 0.1) is 0 Å². The number of halogens is 6. The third-order valence-electron chi connectivity index (χ3n) is 2.17. The van der Waals surface area contributed by atoms with Gasteiger partial charge in [0.1, 0.15) is 0 Å². The first-order valence-corrected chi connectivity index (χ1v) is 4.58. The van der Waals surface area contributed by atoms with Crippen molar-refractivity contribution in [3.63, 3.8) is 0 Å². The summed E-state index contributed by atoms with van der Waals surface area (Å²) < 4.78 is 75.8. The van der Waals surface area contributed by atoms with Crippen LogP contribution in [-0.2, 0) is 0 Å². The van der Waals surface area contributed by atoms with Crippen molar-refractivity contribution in [3.05, 3.63) is 30.3 Å². The van der Waals surface area contributed by atoms with E-state index in [4.69, 9.17) is 0 Å². The topological polar surface area (TPSA) is 50.1 Å². The smallest absolute Gasteiger partial charge is 0.351 e. The van der Waals surface area contributed by atoms with Crippen LogP contribution in [0.2, 0.25) is 0 Å². The second kappa shape index (κ2) is 4.65. The number of hydrazine groups is 1. The SMILES string of the molecule is NNC(Nc1ccccc1)(C(F)(F)F)C(F)(F)F. The quantitative estimate of drug-likeness (QED) is 0.343. The number of anilines is 1. The summed E-state index contributed by atoms with van der Waals surface area (Å²) in [6, 6.07) is 6.14. The number of rotatable bonds is 3. The van der Waals surface area contributed by atoms with Crippen molar-refractivity contribution in [2.75, 3.05) is 5.32 Å². The third-order valence-corrected chi connectivity index (χ3v) is 2.17. The first kappa shape index (κ1) is 14.6. The van der Waals surface area contributed by atoms with Gasteiger partial charge in [-0.2, -0.15) is 26.3 Å². The lowest BCUT2D eigenvalue weighted by Crippen LogP contribution is -2.72. The van der Waals surface area contributed by atoms with Crippen molar-refractivity contribution in [2.24, 2.45) is 5.84 Å². The molecule has 0 saturated heterocycles. The van der Waals surface area contributed by atoms with Crippen molar-refractivity contribution in [2.45, 2.75) is 18.0 Å². The Balaban J connectivity index is 3.21. The zero-order chi connectivity index (χ0) is 14.0. The fourth-order valence-corrected chi connectivity index (χ4v) is 1.24. The molecule has 0 amide bonds. The maximum Gasteiger partial charge on any atom is 0.435 e. The molecule has 1 aromatic carbocycles. The summed E-state index contributed by atoms with van der Waals surface area (Å²) in [5.41, 5.74) is -3.99. The van der Waals surface area contributed by atoms with Crippen molar-refractivity contribution < 1.29 is 26.3 Å². The predicted octanol–water partition coefficient (Wildman–Crippen LogP) is 2.38. The van der Waals surface area contributed by atoms with Gasteiger partial charge >= 0.3 is 12.4 Å². The molecule has 0 aliphatic rings. The largest absolute Gasteiger partial charge is 0.435 e. The van der Waals surface area contributed by atoms with Crippen LogP contribution in [-0.4, -0.2) is 18.0 Å². The summed E-state index contributed by atoms with van der Waals surface area (Å²) in [5.74, 6) is 4.48. The van der Waals surface area contributed by atoms with Crippen LogP contribution in [0, 0.1) is 0 Å². The highest BCUT2D eigenvalue weighted by molar-refractivity contribution is 5.46. The first-order chi connectivity index (χ1) is 8.14. The number of hydrogen-bond donors (Lipinski definition) is 3. The van der Waals surface area contributed by atoms with E-state index in [-0.39, 0.29) is 5.69 Å². The van der Waals surface area contributed by atoms with Gasteiger partial charge in [0.25, 0.3) is 5.66 Å². The minimum absolute atomic E-state index is 0.370. The number of nitrogens with two attached hydrogens (primary N) is 1. The van der Waals surface area contributed by atoms with Gasteiger partial charge in [-0.3, -0.25) is 5.84 Å². The molecule has 0 aromatic heterocycles. The van der Waals surface area contributed by atoms with Gasteiger partial charge in [-0.25, -0.2) is 5.43 Å². The summed E-state index contributed by atoms with van der Waals surface area (Å²) in [5, 5.41) is 1.34. The predicted molar refractivity (Wildman–Crippen MR) is 52.2 cm³/mol. The second-order valence-corrected chi connectivity index (χ2v) is 3.38. The molecule has 3 nitrogen and oxygen atoms in total. The molecular weight excluding hydrogens is 264 g/mol. The van der Waals surface area contributed by atoms with Gasteiger partial charge in [0.15, 0.2) is 0 Å². The van der Waals surface area contributed by atoms with Crippen LogP contribution in [0.15, 0.2) is 30.3 Å². The van der Waals surface area contributed by atoms with Gasteiger partial charge < -0.3 is 5.32 Å². The Morgan fingerprint density at radius 3 is 1.61 bits per heavy atom. The molecule has 0 saturated carbocycles. The van der Waals surface area contributed by atoms with E-state index < -0.39 is 18.0 Å². The third kappa shape index (κ3) is 2.51. The molecular formula is C9H9F6N3. The molecule has 0 bridgehead atoms. The number of benzene rings is 1. The Labute approximate surface area is 97.9 Å². The Morgan fingerprint density at radius 2 is 1.28 bits per heavy atom. The maximum atomic E-state index is 12.6. The Kier molecular flexibility index (Phi) is 3.77. The molecule has 18 heavy (non-hydrogen) atoms. The molecule has 0 fully saturated rings. The van der Waals surface area contributed by atoms with E-state index in [0.717, 1.165) is 17.6 Å². The van der Waals surface area contributed by atoms with Crippen LogP contribution in [0.1, 0.15) is 0 Å². The van der Waals surface area contributed by atoms with E-state index in [1.165, 1.54) is 23.5 Å². The van der Waals surface area contributed by atoms with Crippen LogP contribution in [0.3, 0.4) is 0 Å². The normalized spacial score (nSPS) is 13.5. The highest BCUT2D eigenvalue weighted by Crippen LogP contribution is 2.42. The van der Waals surface area contributed by atoms with Gasteiger partial charge in [0.2, 0.25) is 0 Å². The average Bonchev–Trinajstić information content (AvgIpc) is 2.23. The van der Waals surface area contributed by atoms with Crippen molar-refractivity contribution in [3.8, 4) is 0 Å². The lowest BCUT2D eigenvalue weighted by molar-refractivity contribution is -0.297. The zero-order valence-corrected chi connectivity index (χ0v) is 8.73. The lowest BCUT2D eigenvalue weighted by Gasteiger charge is -2.37. The standard InChI is InChI=1S/C9H9F6N3/c10-8(11,12)7(18-16,9(13,14)15)17-6-4-2-1-3-5-6/h1-5,17-18H,16H2. The van der Waals surface area contributed by atoms with E-state index in [1.807, 2.05) is 0 Å². The van der Waals surface area contributed by atoms with E-state index >= 15 is 0 Å². The molecule has 1 aromatic rings. The summed E-state index contributed by atoms with van der Waals surface area (Å²) in [6.07, 6.45) is -11.3. The molecule has 0 atom stereocenters. The monoisotopic (exact) mass is 273 g/mol. The van der Waals surface area contributed by atoms with Gasteiger partial charge in [0, 0.05) is 5.69 Å². The Morgan fingerprint density at radius 1 is 0.833 bits per heavy atom. The average molecular weight is 273 g/mol. The maximum absolute atomic E-state index is 12.6. The first-order valence-electron chi connectivity index (χ1n) is 4.58. The van der Waals surface area contributed by atoms with Crippen LogP contribution < -0.4 is 16.6 Å². The van der Waals surface area contributed by atoms with Crippen molar-refractivity contribution in [1.29, 1.82) is 0 Å². The highest BCUT2D eigenvalue weighted by atomic mass is 19.4. The fraction of sp³-hybridized carbons (Fsp3) is 0.333. The minimum Gasteiger partial charge on any atom is -0.351 e. The number of hydrogen-bond acceptors (Lipinski definition) is 3. The van der Waals surface area contributed by atoms with Crippen LogP contribution in [0.4, 0.5) is 32.0 Å². The number of para-hydroxylation sites is 1. The summed E-state index contributed by atoms with van der Waals surface area (Å²) in [6.45, 7) is 0. The van der Waals surface area contributed by atoms with Crippen molar-refractivity contribution in [1.82, 2.24) is 5.43 Å². The van der Waals surface area contributed by atoms with Crippen LogP contribution in [0.5, 0.6) is 0 Å². The Bertz CT molecular complexity index is 372. The van der Waals surface area contributed by atoms with Crippen LogP contribution in [0.25, 0.3) is 0 Å². The molecule has 0 spiro atoms. The Hall–Kier alpha value is -1.48. The van der Waals surface area contributed by atoms with E-state index in [2.05, 4.69) is 5.84 Å². The molecule has 0 radical (unpaired) electrons. The van der Waals surface area contributed by atoms with Gasteiger partial charge in [-0.15, -0.1) is 0 Å². The molecule has 0 heterocycles. The molecule has 1 rings (SSSR count). The van der Waals surface area contributed by atoms with Crippen LogP contribution >= 0.6 is 0 Å². The second-order valence-electron chi connectivity index (χ2n) is 3.38. The van der Waals surface area contributed by atoms with Gasteiger partial charge in [-0.1, -0.05) is 18.2 Å². The highest BCUT2D eigenvalue weighted by Gasteiger charge is 2.71. The number of nitrogens with one attached hydrogen (secondary N) is 2. The summed E-state index contributed by atoms with van der Waals surface area (Å²) in [7, 11) is 0. The molecule has 9 heteroatoms. The van der Waals surface area contributed by atoms with E-state index in [1.54, 1.807) is 0 Å². The van der Waals surface area contributed by atoms with E-state index in [9.17, 15) is 26.3 Å². The van der Waals surface area contributed by atoms with Crippen molar-refractivity contribution >= 4 is 5.69 Å². The molecule has 0 aliphatic heterocycles. The summed E-state index contributed by atoms with van der Waals surface area (Å²) >= 11 is 0. The van der Waals surface area contributed by atoms with E-state index in [0.29, 0.717) is 0 Å². The fourth-order valence-electron chi connectivity index (χ4n) is 1.24. The molecule has 0 aliphatic carbocycles. The lowest BCUT2D eigenvalue weighted by atomic mass is 10.1. The minimum atomic E-state index is -5.67. The number of alkyl halides is 6.